The van der Waals surface area contributed by atoms with Gasteiger partial charge in [-0.25, -0.2) is 0 Å². The molecule has 0 saturated heterocycles. The molecule has 0 aliphatic heterocycles. The molecule has 1 fully saturated rings. The van der Waals surface area contributed by atoms with Crippen LogP contribution in [0.2, 0.25) is 0 Å². The lowest BCUT2D eigenvalue weighted by molar-refractivity contribution is -0.122. The van der Waals surface area contributed by atoms with Gasteiger partial charge in [0.1, 0.15) is 5.78 Å². The maximum absolute atomic E-state index is 11.0. The van der Waals surface area contributed by atoms with Crippen molar-refractivity contribution < 1.29 is 4.79 Å². The van der Waals surface area contributed by atoms with Crippen molar-refractivity contribution in [3.63, 3.8) is 0 Å². The molecular formula is C9H16O. The summed E-state index contributed by atoms with van der Waals surface area (Å²) in [4.78, 5) is 11.0. The minimum absolute atomic E-state index is 0.477. The molecule has 1 nitrogen and oxygen atoms in total. The molecule has 1 saturated carbocycles. The van der Waals surface area contributed by atoms with E-state index in [4.69, 9.17) is 0 Å². The van der Waals surface area contributed by atoms with Crippen molar-refractivity contribution >= 4 is 5.78 Å². The lowest BCUT2D eigenvalue weighted by Crippen LogP contribution is -2.20. The first-order valence-corrected chi connectivity index (χ1v) is 4.24. The number of carbonyl (C=O) groups is 1. The Morgan fingerprint density at radius 2 is 2.20 bits per heavy atom. The summed E-state index contributed by atoms with van der Waals surface area (Å²) in [5.41, 5.74) is 0. The van der Waals surface area contributed by atoms with E-state index in [-0.39, 0.29) is 0 Å². The Kier molecular flexibility index (Phi) is 2.47. The van der Waals surface area contributed by atoms with Crippen LogP contribution in [-0.4, -0.2) is 5.78 Å². The average molecular weight is 140 g/mol. The van der Waals surface area contributed by atoms with Crippen LogP contribution in [0.25, 0.3) is 0 Å². The summed E-state index contributed by atoms with van der Waals surface area (Å²) in [6.07, 6.45) is 4.12. The van der Waals surface area contributed by atoms with Crippen molar-refractivity contribution in [2.45, 2.75) is 39.5 Å². The highest BCUT2D eigenvalue weighted by Gasteiger charge is 2.22. The normalized spacial score (nSPS) is 34.4. The van der Waals surface area contributed by atoms with Crippen molar-refractivity contribution in [3.05, 3.63) is 0 Å². The highest BCUT2D eigenvalue weighted by molar-refractivity contribution is 5.79. The van der Waals surface area contributed by atoms with Gasteiger partial charge in [0.2, 0.25) is 0 Å². The monoisotopic (exact) mass is 140 g/mol. The van der Waals surface area contributed by atoms with Crippen LogP contribution >= 0.6 is 0 Å². The summed E-state index contributed by atoms with van der Waals surface area (Å²) in [6.45, 7) is 4.36. The molecule has 0 bridgehead atoms. The SMILES string of the molecule is CC[C@H]1CC(=O)C[C@@H](C)C1. The Labute approximate surface area is 62.8 Å². The first kappa shape index (κ1) is 7.77. The summed E-state index contributed by atoms with van der Waals surface area (Å²) in [6, 6.07) is 0. The quantitative estimate of drug-likeness (QED) is 0.546. The van der Waals surface area contributed by atoms with Crippen LogP contribution < -0.4 is 0 Å². The molecule has 0 amide bonds. The number of hydrogen-bond donors (Lipinski definition) is 0. The topological polar surface area (TPSA) is 17.1 Å². The average Bonchev–Trinajstić information content (AvgIpc) is 1.85. The second kappa shape index (κ2) is 3.18. The minimum Gasteiger partial charge on any atom is -0.300 e. The van der Waals surface area contributed by atoms with Crippen molar-refractivity contribution in [2.75, 3.05) is 0 Å². The molecule has 1 heteroatoms. The fourth-order valence-electron chi connectivity index (χ4n) is 1.84. The van der Waals surface area contributed by atoms with E-state index in [9.17, 15) is 4.79 Å². The molecule has 0 aromatic carbocycles. The summed E-state index contributed by atoms with van der Waals surface area (Å²) in [5, 5.41) is 0. The first-order chi connectivity index (χ1) is 4.72. The summed E-state index contributed by atoms with van der Waals surface area (Å²) in [5.74, 6) is 1.81. The van der Waals surface area contributed by atoms with E-state index in [0.29, 0.717) is 17.6 Å². The molecule has 1 aliphatic rings. The Balaban J connectivity index is 2.42. The van der Waals surface area contributed by atoms with Gasteiger partial charge in [-0.05, 0) is 18.3 Å². The molecule has 0 heterocycles. The van der Waals surface area contributed by atoms with Crippen LogP contribution in [0.3, 0.4) is 0 Å². The standard InChI is InChI=1S/C9H16O/c1-3-8-4-7(2)5-9(10)6-8/h7-8H,3-6H2,1-2H3/t7-,8+/m0/s1. The Hall–Kier alpha value is -0.330. The van der Waals surface area contributed by atoms with Gasteiger partial charge in [0.15, 0.2) is 0 Å². The fraction of sp³-hybridized carbons (Fsp3) is 0.889. The molecule has 0 radical (unpaired) electrons. The molecule has 58 valence electrons. The van der Waals surface area contributed by atoms with Gasteiger partial charge in [-0.3, -0.25) is 4.79 Å². The third kappa shape index (κ3) is 1.83. The van der Waals surface area contributed by atoms with E-state index >= 15 is 0 Å². The zero-order chi connectivity index (χ0) is 7.56. The molecule has 1 rings (SSSR count). The second-order valence-electron chi connectivity index (χ2n) is 3.56. The van der Waals surface area contributed by atoms with Crippen molar-refractivity contribution in [1.29, 1.82) is 0 Å². The number of Topliss-reactive ketones (excluding diaryl/α,β-unsaturated/α-hetero) is 1. The van der Waals surface area contributed by atoms with E-state index in [1.165, 1.54) is 12.8 Å². The number of ketones is 1. The molecule has 2 atom stereocenters. The van der Waals surface area contributed by atoms with Crippen LogP contribution in [0.15, 0.2) is 0 Å². The predicted molar refractivity (Wildman–Crippen MR) is 41.8 cm³/mol. The molecule has 0 N–H and O–H groups in total. The van der Waals surface area contributed by atoms with Crippen LogP contribution in [-0.2, 0) is 4.79 Å². The number of rotatable bonds is 1. The van der Waals surface area contributed by atoms with E-state index in [1.54, 1.807) is 0 Å². The molecular weight excluding hydrogens is 124 g/mol. The summed E-state index contributed by atoms with van der Waals surface area (Å²) >= 11 is 0. The van der Waals surface area contributed by atoms with Crippen LogP contribution in [0, 0.1) is 11.8 Å². The summed E-state index contributed by atoms with van der Waals surface area (Å²) < 4.78 is 0. The number of hydrogen-bond acceptors (Lipinski definition) is 1. The lowest BCUT2D eigenvalue weighted by atomic mass is 9.80. The Morgan fingerprint density at radius 1 is 1.50 bits per heavy atom. The zero-order valence-electron chi connectivity index (χ0n) is 6.89. The van der Waals surface area contributed by atoms with Gasteiger partial charge < -0.3 is 0 Å². The van der Waals surface area contributed by atoms with Crippen LogP contribution in [0.1, 0.15) is 39.5 Å². The fourth-order valence-corrected chi connectivity index (χ4v) is 1.84. The Morgan fingerprint density at radius 3 is 2.70 bits per heavy atom. The minimum atomic E-state index is 0.477. The van der Waals surface area contributed by atoms with E-state index in [0.717, 1.165) is 12.8 Å². The summed E-state index contributed by atoms with van der Waals surface area (Å²) in [7, 11) is 0. The lowest BCUT2D eigenvalue weighted by Gasteiger charge is -2.24. The molecule has 0 unspecified atom stereocenters. The highest BCUT2D eigenvalue weighted by atomic mass is 16.1. The predicted octanol–water partition coefficient (Wildman–Crippen LogP) is 2.40. The number of carbonyl (C=O) groups excluding carboxylic acids is 1. The van der Waals surface area contributed by atoms with Gasteiger partial charge in [-0.2, -0.15) is 0 Å². The maximum Gasteiger partial charge on any atom is 0.133 e. The molecule has 10 heavy (non-hydrogen) atoms. The molecule has 1 aliphatic carbocycles. The van der Waals surface area contributed by atoms with Crippen LogP contribution in [0.4, 0.5) is 0 Å². The van der Waals surface area contributed by atoms with E-state index in [2.05, 4.69) is 13.8 Å². The first-order valence-electron chi connectivity index (χ1n) is 4.24. The van der Waals surface area contributed by atoms with Gasteiger partial charge in [0.05, 0.1) is 0 Å². The molecule has 0 spiro atoms. The third-order valence-corrected chi connectivity index (χ3v) is 2.41. The van der Waals surface area contributed by atoms with Crippen molar-refractivity contribution in [2.24, 2.45) is 11.8 Å². The molecule has 0 aromatic rings. The maximum atomic E-state index is 11.0. The van der Waals surface area contributed by atoms with Crippen LogP contribution in [0.5, 0.6) is 0 Å². The van der Waals surface area contributed by atoms with E-state index < -0.39 is 0 Å². The Bertz CT molecular complexity index is 129. The third-order valence-electron chi connectivity index (χ3n) is 2.41. The van der Waals surface area contributed by atoms with Gasteiger partial charge >= 0.3 is 0 Å². The van der Waals surface area contributed by atoms with Gasteiger partial charge in [0.25, 0.3) is 0 Å². The van der Waals surface area contributed by atoms with Gasteiger partial charge in [-0.1, -0.05) is 20.3 Å². The van der Waals surface area contributed by atoms with Gasteiger partial charge in [-0.15, -0.1) is 0 Å². The largest absolute Gasteiger partial charge is 0.300 e. The van der Waals surface area contributed by atoms with E-state index in [1.807, 2.05) is 0 Å². The smallest absolute Gasteiger partial charge is 0.133 e. The van der Waals surface area contributed by atoms with Gasteiger partial charge in [0, 0.05) is 12.8 Å². The highest BCUT2D eigenvalue weighted by Crippen LogP contribution is 2.27. The second-order valence-corrected chi connectivity index (χ2v) is 3.56. The zero-order valence-corrected chi connectivity index (χ0v) is 6.89. The molecule has 0 aromatic heterocycles. The van der Waals surface area contributed by atoms with Crippen molar-refractivity contribution in [1.82, 2.24) is 0 Å². The van der Waals surface area contributed by atoms with Crippen molar-refractivity contribution in [3.8, 4) is 0 Å².